The predicted molar refractivity (Wildman–Crippen MR) is 70.0 cm³/mol. The Kier molecular flexibility index (Phi) is 4.10. The van der Waals surface area contributed by atoms with Crippen molar-refractivity contribution in [2.45, 2.75) is 32.4 Å². The fraction of sp³-hybridized carbons (Fsp3) is 0.667. The highest BCUT2D eigenvalue weighted by Crippen LogP contribution is 2.14. The van der Waals surface area contributed by atoms with Crippen molar-refractivity contribution in [3.63, 3.8) is 0 Å². The molecular formula is C12H19N3OS. The van der Waals surface area contributed by atoms with Crippen LogP contribution in [0.2, 0.25) is 0 Å². The first-order valence-corrected chi connectivity index (χ1v) is 7.39. The number of hydrogen-bond donors (Lipinski definition) is 1. The Balaban J connectivity index is 1.87. The van der Waals surface area contributed by atoms with Gasteiger partial charge < -0.3 is 9.88 Å². The molecule has 0 unspecified atom stereocenters. The standard InChI is InChI=1S/C12H19N3OS/c1-9(8-17-2)12(16)14-10-3-4-11-13-5-6-15(11)7-10/h5-6,9-10H,3-4,7-8H2,1-2H3,(H,14,16)/t9-,10-/m0/s1. The number of carbonyl (C=O) groups excluding carboxylic acids is 1. The van der Waals surface area contributed by atoms with Gasteiger partial charge in [0.2, 0.25) is 5.91 Å². The fourth-order valence-electron chi connectivity index (χ4n) is 2.15. The van der Waals surface area contributed by atoms with Crippen LogP contribution >= 0.6 is 11.8 Å². The smallest absolute Gasteiger partial charge is 0.223 e. The monoisotopic (exact) mass is 253 g/mol. The summed E-state index contributed by atoms with van der Waals surface area (Å²) in [4.78, 5) is 16.2. The third-order valence-corrected chi connectivity index (χ3v) is 3.98. The molecule has 0 radical (unpaired) electrons. The highest BCUT2D eigenvalue weighted by Gasteiger charge is 2.22. The molecule has 0 aromatic carbocycles. The zero-order chi connectivity index (χ0) is 12.3. The Morgan fingerprint density at radius 3 is 3.35 bits per heavy atom. The van der Waals surface area contributed by atoms with Crippen molar-refractivity contribution in [1.82, 2.24) is 14.9 Å². The summed E-state index contributed by atoms with van der Waals surface area (Å²) >= 11 is 1.71. The quantitative estimate of drug-likeness (QED) is 0.880. The Labute approximate surface area is 106 Å². The van der Waals surface area contributed by atoms with Crippen LogP contribution in [0.3, 0.4) is 0 Å². The zero-order valence-electron chi connectivity index (χ0n) is 10.3. The van der Waals surface area contributed by atoms with Crippen molar-refractivity contribution in [2.75, 3.05) is 12.0 Å². The van der Waals surface area contributed by atoms with Crippen LogP contribution in [0.1, 0.15) is 19.2 Å². The first-order valence-electron chi connectivity index (χ1n) is 6.00. The van der Waals surface area contributed by atoms with Gasteiger partial charge in [-0.1, -0.05) is 6.92 Å². The molecule has 0 aliphatic carbocycles. The maximum atomic E-state index is 11.9. The van der Waals surface area contributed by atoms with Crippen LogP contribution in [0.25, 0.3) is 0 Å². The number of amides is 1. The lowest BCUT2D eigenvalue weighted by molar-refractivity contribution is -0.124. The molecule has 0 fully saturated rings. The molecule has 1 aromatic heterocycles. The molecule has 17 heavy (non-hydrogen) atoms. The fourth-order valence-corrected chi connectivity index (χ4v) is 2.80. The van der Waals surface area contributed by atoms with E-state index in [0.29, 0.717) is 0 Å². The molecule has 2 heterocycles. The van der Waals surface area contributed by atoms with Crippen LogP contribution in [0, 0.1) is 5.92 Å². The Morgan fingerprint density at radius 1 is 1.76 bits per heavy atom. The van der Waals surface area contributed by atoms with Crippen molar-refractivity contribution >= 4 is 17.7 Å². The first kappa shape index (κ1) is 12.5. The Hall–Kier alpha value is -0.970. The number of fused-ring (bicyclic) bond motifs is 1. The van der Waals surface area contributed by atoms with E-state index in [4.69, 9.17) is 0 Å². The second-order valence-electron chi connectivity index (χ2n) is 4.60. The van der Waals surface area contributed by atoms with Crippen LogP contribution in [-0.2, 0) is 17.8 Å². The Morgan fingerprint density at radius 2 is 2.59 bits per heavy atom. The van der Waals surface area contributed by atoms with E-state index in [-0.39, 0.29) is 17.9 Å². The first-order chi connectivity index (χ1) is 8.20. The molecule has 4 nitrogen and oxygen atoms in total. The third kappa shape index (κ3) is 3.03. The summed E-state index contributed by atoms with van der Waals surface area (Å²) in [5.74, 6) is 2.28. The molecule has 2 rings (SSSR count). The number of nitrogens with zero attached hydrogens (tertiary/aromatic N) is 2. The van der Waals surface area contributed by atoms with Crippen molar-refractivity contribution in [3.05, 3.63) is 18.2 Å². The minimum absolute atomic E-state index is 0.0918. The number of carbonyl (C=O) groups is 1. The minimum atomic E-state index is 0.0918. The van der Waals surface area contributed by atoms with E-state index in [2.05, 4.69) is 14.9 Å². The zero-order valence-corrected chi connectivity index (χ0v) is 11.2. The number of imidazole rings is 1. The third-order valence-electron chi connectivity index (χ3n) is 3.15. The van der Waals surface area contributed by atoms with Gasteiger partial charge in [-0.3, -0.25) is 4.79 Å². The van der Waals surface area contributed by atoms with Gasteiger partial charge in [0.1, 0.15) is 5.82 Å². The lowest BCUT2D eigenvalue weighted by Crippen LogP contribution is -2.43. The molecule has 2 atom stereocenters. The van der Waals surface area contributed by atoms with Gasteiger partial charge in [-0.2, -0.15) is 11.8 Å². The van der Waals surface area contributed by atoms with Gasteiger partial charge in [-0.25, -0.2) is 4.98 Å². The number of aryl methyl sites for hydroxylation is 1. The van der Waals surface area contributed by atoms with Crippen molar-refractivity contribution in [1.29, 1.82) is 0 Å². The van der Waals surface area contributed by atoms with Gasteiger partial charge in [-0.05, 0) is 12.7 Å². The maximum absolute atomic E-state index is 11.9. The molecule has 94 valence electrons. The summed E-state index contributed by atoms with van der Waals surface area (Å²) in [6, 6.07) is 0.258. The normalized spacial score (nSPS) is 20.7. The van der Waals surface area contributed by atoms with Gasteiger partial charge in [0.05, 0.1) is 0 Å². The van der Waals surface area contributed by atoms with Gasteiger partial charge in [0.25, 0.3) is 0 Å². The lowest BCUT2D eigenvalue weighted by Gasteiger charge is -2.25. The molecule has 1 amide bonds. The maximum Gasteiger partial charge on any atom is 0.223 e. The van der Waals surface area contributed by atoms with E-state index in [0.717, 1.165) is 31.0 Å². The largest absolute Gasteiger partial charge is 0.351 e. The highest BCUT2D eigenvalue weighted by molar-refractivity contribution is 7.98. The van der Waals surface area contributed by atoms with Crippen LogP contribution < -0.4 is 5.32 Å². The van der Waals surface area contributed by atoms with Crippen LogP contribution in [0.5, 0.6) is 0 Å². The van der Waals surface area contributed by atoms with Crippen molar-refractivity contribution in [3.8, 4) is 0 Å². The van der Waals surface area contributed by atoms with Crippen molar-refractivity contribution in [2.24, 2.45) is 5.92 Å². The van der Waals surface area contributed by atoms with E-state index in [9.17, 15) is 4.79 Å². The second kappa shape index (κ2) is 5.58. The van der Waals surface area contributed by atoms with E-state index in [1.807, 2.05) is 25.6 Å². The lowest BCUT2D eigenvalue weighted by atomic mass is 10.1. The summed E-state index contributed by atoms with van der Waals surface area (Å²) in [5, 5.41) is 3.13. The topological polar surface area (TPSA) is 46.9 Å². The van der Waals surface area contributed by atoms with Gasteiger partial charge in [0.15, 0.2) is 0 Å². The minimum Gasteiger partial charge on any atom is -0.351 e. The summed E-state index contributed by atoms with van der Waals surface area (Å²) in [6.45, 7) is 2.84. The average Bonchev–Trinajstić information content (AvgIpc) is 2.76. The van der Waals surface area contributed by atoms with E-state index in [1.54, 1.807) is 11.8 Å². The van der Waals surface area contributed by atoms with Gasteiger partial charge >= 0.3 is 0 Å². The van der Waals surface area contributed by atoms with Crippen molar-refractivity contribution < 1.29 is 4.79 Å². The summed E-state index contributed by atoms with van der Waals surface area (Å²) in [5.41, 5.74) is 0. The molecule has 1 aliphatic heterocycles. The molecule has 1 aromatic rings. The number of hydrogen-bond acceptors (Lipinski definition) is 3. The van der Waals surface area contributed by atoms with E-state index >= 15 is 0 Å². The van der Waals surface area contributed by atoms with Crippen LogP contribution in [0.4, 0.5) is 0 Å². The van der Waals surface area contributed by atoms with Crippen LogP contribution in [0.15, 0.2) is 12.4 Å². The summed E-state index contributed by atoms with van der Waals surface area (Å²) < 4.78 is 2.13. The number of thioether (sulfide) groups is 1. The molecule has 1 N–H and O–H groups in total. The Bertz CT molecular complexity index is 391. The van der Waals surface area contributed by atoms with Crippen LogP contribution in [-0.4, -0.2) is 33.5 Å². The molecule has 0 saturated heterocycles. The summed E-state index contributed by atoms with van der Waals surface area (Å²) in [6.07, 6.45) is 7.79. The molecule has 0 spiro atoms. The molecule has 0 bridgehead atoms. The van der Waals surface area contributed by atoms with Gasteiger partial charge in [-0.15, -0.1) is 0 Å². The predicted octanol–water partition coefficient (Wildman–Crippen LogP) is 1.31. The SMILES string of the molecule is CSC[C@H](C)C(=O)N[C@H]1CCc2nccn2C1. The molecule has 5 heteroatoms. The summed E-state index contributed by atoms with van der Waals surface area (Å²) in [7, 11) is 0. The molecule has 0 saturated carbocycles. The number of aromatic nitrogens is 2. The molecular weight excluding hydrogens is 234 g/mol. The average molecular weight is 253 g/mol. The van der Waals surface area contributed by atoms with E-state index < -0.39 is 0 Å². The second-order valence-corrected chi connectivity index (χ2v) is 5.51. The highest BCUT2D eigenvalue weighted by atomic mass is 32.2. The number of nitrogens with one attached hydrogen (secondary N) is 1. The number of rotatable bonds is 4. The van der Waals surface area contributed by atoms with E-state index in [1.165, 1.54) is 0 Å². The van der Waals surface area contributed by atoms with Gasteiger partial charge in [0, 0.05) is 43.1 Å². The molecule has 1 aliphatic rings.